The number of carbonyl (C=O) groups excluding carboxylic acids is 1. The van der Waals surface area contributed by atoms with E-state index < -0.39 is 0 Å². The molecule has 3 heteroatoms. The molecule has 7 unspecified atom stereocenters. The van der Waals surface area contributed by atoms with Gasteiger partial charge in [0, 0.05) is 18.4 Å². The van der Waals surface area contributed by atoms with Crippen LogP contribution in [0.1, 0.15) is 32.1 Å². The number of allylic oxidation sites excluding steroid dienone is 4. The topological polar surface area (TPSA) is 38.3 Å². The summed E-state index contributed by atoms with van der Waals surface area (Å²) in [5.74, 6) is 4.80. The molecule has 5 rings (SSSR count). The molecule has 0 aromatic carbocycles. The van der Waals surface area contributed by atoms with Crippen LogP contribution in [-0.4, -0.2) is 18.4 Å². The average Bonchev–Trinajstić information content (AvgIpc) is 3.07. The number of carbonyl (C=O) groups is 1. The van der Waals surface area contributed by atoms with Gasteiger partial charge in [0.1, 0.15) is 0 Å². The fourth-order valence-electron chi connectivity index (χ4n) is 6.19. The minimum Gasteiger partial charge on any atom is -0.298 e. The van der Waals surface area contributed by atoms with E-state index in [1.165, 1.54) is 31.3 Å². The molecule has 0 bridgehead atoms. The van der Waals surface area contributed by atoms with Crippen molar-refractivity contribution in [2.24, 2.45) is 35.5 Å². The summed E-state index contributed by atoms with van der Waals surface area (Å²) in [6.45, 7) is 1.05. The summed E-state index contributed by atoms with van der Waals surface area (Å²) in [6.07, 6.45) is 12.8. The van der Waals surface area contributed by atoms with Gasteiger partial charge in [-0.05, 0) is 67.9 Å². The summed E-state index contributed by atoms with van der Waals surface area (Å²) in [6, 6.07) is 0. The van der Waals surface area contributed by atoms with Crippen LogP contribution < -0.4 is 5.48 Å². The van der Waals surface area contributed by atoms with E-state index in [0.717, 1.165) is 42.6 Å². The van der Waals surface area contributed by atoms with Crippen molar-refractivity contribution in [3.8, 4) is 0 Å². The van der Waals surface area contributed by atoms with E-state index in [1.807, 2.05) is 6.08 Å². The Balaban J connectivity index is 1.43. The van der Waals surface area contributed by atoms with E-state index >= 15 is 0 Å². The highest BCUT2D eigenvalue weighted by Crippen LogP contribution is 2.58. The van der Waals surface area contributed by atoms with Crippen molar-refractivity contribution in [3.63, 3.8) is 0 Å². The van der Waals surface area contributed by atoms with Crippen molar-refractivity contribution in [1.82, 2.24) is 5.48 Å². The van der Waals surface area contributed by atoms with Gasteiger partial charge in [-0.15, -0.1) is 0 Å². The van der Waals surface area contributed by atoms with Gasteiger partial charge in [0.15, 0.2) is 5.78 Å². The lowest BCUT2D eigenvalue weighted by molar-refractivity contribution is -0.110. The van der Waals surface area contributed by atoms with Crippen molar-refractivity contribution in [2.45, 2.75) is 38.2 Å². The van der Waals surface area contributed by atoms with E-state index in [2.05, 4.69) is 11.6 Å². The van der Waals surface area contributed by atoms with Gasteiger partial charge in [0.2, 0.25) is 0 Å². The molecule has 1 aliphatic heterocycles. The summed E-state index contributed by atoms with van der Waals surface area (Å²) in [7, 11) is 0. The zero-order chi connectivity index (χ0) is 14.0. The van der Waals surface area contributed by atoms with Gasteiger partial charge in [0.25, 0.3) is 0 Å². The van der Waals surface area contributed by atoms with Crippen LogP contribution in [0.25, 0.3) is 0 Å². The van der Waals surface area contributed by atoms with Crippen LogP contribution in [0.2, 0.25) is 0 Å². The van der Waals surface area contributed by atoms with Crippen LogP contribution >= 0.6 is 0 Å². The van der Waals surface area contributed by atoms with Gasteiger partial charge in [-0.1, -0.05) is 11.6 Å². The summed E-state index contributed by atoms with van der Waals surface area (Å²) in [4.78, 5) is 17.4. The first-order valence-corrected chi connectivity index (χ1v) is 8.62. The quantitative estimate of drug-likeness (QED) is 0.743. The van der Waals surface area contributed by atoms with Crippen LogP contribution in [0.3, 0.4) is 0 Å². The number of nitrogens with one attached hydrogen (secondary N) is 1. The second-order valence-corrected chi connectivity index (χ2v) is 7.70. The summed E-state index contributed by atoms with van der Waals surface area (Å²) in [5, 5.41) is 0. The second-order valence-electron chi connectivity index (χ2n) is 7.70. The molecule has 1 saturated heterocycles. The maximum atomic E-state index is 11.6. The highest BCUT2D eigenvalue weighted by molar-refractivity contribution is 6.00. The van der Waals surface area contributed by atoms with Gasteiger partial charge >= 0.3 is 0 Å². The average molecular weight is 285 g/mol. The molecule has 112 valence electrons. The summed E-state index contributed by atoms with van der Waals surface area (Å²) < 4.78 is 0. The fourth-order valence-corrected chi connectivity index (χ4v) is 6.19. The number of rotatable bonds is 0. The molecular weight excluding hydrogens is 262 g/mol. The zero-order valence-electron chi connectivity index (χ0n) is 12.3. The molecule has 4 aliphatic carbocycles. The molecule has 0 radical (unpaired) electrons. The Labute approximate surface area is 125 Å². The van der Waals surface area contributed by atoms with Crippen molar-refractivity contribution >= 4 is 5.78 Å². The number of hydroxylamine groups is 1. The van der Waals surface area contributed by atoms with E-state index in [9.17, 15) is 4.79 Å². The van der Waals surface area contributed by atoms with Gasteiger partial charge < -0.3 is 0 Å². The Kier molecular flexibility index (Phi) is 2.72. The van der Waals surface area contributed by atoms with E-state index in [4.69, 9.17) is 4.84 Å². The van der Waals surface area contributed by atoms with Crippen LogP contribution in [-0.2, 0) is 9.63 Å². The number of hydrogen-bond acceptors (Lipinski definition) is 3. The predicted octanol–water partition coefficient (Wildman–Crippen LogP) is 2.64. The van der Waals surface area contributed by atoms with Crippen LogP contribution in [0.5, 0.6) is 0 Å². The lowest BCUT2D eigenvalue weighted by Gasteiger charge is -2.48. The van der Waals surface area contributed by atoms with Crippen LogP contribution in [0.15, 0.2) is 23.8 Å². The van der Waals surface area contributed by atoms with E-state index in [0.29, 0.717) is 12.0 Å². The smallest absolute Gasteiger partial charge is 0.178 e. The second kappa shape index (κ2) is 4.53. The van der Waals surface area contributed by atoms with Crippen molar-refractivity contribution in [3.05, 3.63) is 23.8 Å². The van der Waals surface area contributed by atoms with Crippen LogP contribution in [0.4, 0.5) is 0 Å². The molecule has 3 nitrogen and oxygen atoms in total. The van der Waals surface area contributed by atoms with Gasteiger partial charge in [-0.2, -0.15) is 0 Å². The lowest BCUT2D eigenvalue weighted by Crippen LogP contribution is -2.42. The number of fused-ring (bicyclic) bond motifs is 7. The molecule has 1 heterocycles. The molecule has 21 heavy (non-hydrogen) atoms. The lowest BCUT2D eigenvalue weighted by atomic mass is 9.57. The molecule has 7 atom stereocenters. The molecule has 0 aromatic rings. The summed E-state index contributed by atoms with van der Waals surface area (Å²) in [5.41, 5.74) is 4.54. The Morgan fingerprint density at radius 3 is 2.95 bits per heavy atom. The van der Waals surface area contributed by atoms with Crippen molar-refractivity contribution in [2.75, 3.05) is 6.54 Å². The van der Waals surface area contributed by atoms with Gasteiger partial charge in [-0.3, -0.25) is 9.63 Å². The third-order valence-corrected chi connectivity index (χ3v) is 6.96. The monoisotopic (exact) mass is 285 g/mol. The first-order valence-electron chi connectivity index (χ1n) is 8.62. The Bertz CT molecular complexity index is 537. The minimum absolute atomic E-state index is 0.197. The third-order valence-electron chi connectivity index (χ3n) is 6.96. The maximum absolute atomic E-state index is 11.6. The Morgan fingerprint density at radius 2 is 2.00 bits per heavy atom. The van der Waals surface area contributed by atoms with Crippen molar-refractivity contribution < 1.29 is 9.63 Å². The predicted molar refractivity (Wildman–Crippen MR) is 79.1 cm³/mol. The highest BCUT2D eigenvalue weighted by Gasteiger charge is 2.54. The van der Waals surface area contributed by atoms with Gasteiger partial charge in [-0.25, -0.2) is 5.48 Å². The first kappa shape index (κ1) is 12.6. The first-order chi connectivity index (χ1) is 10.3. The van der Waals surface area contributed by atoms with E-state index in [-0.39, 0.29) is 5.78 Å². The Hall–Kier alpha value is -0.930. The highest BCUT2D eigenvalue weighted by atomic mass is 16.7. The Morgan fingerprint density at radius 1 is 1.10 bits per heavy atom. The molecule has 5 aliphatic rings. The largest absolute Gasteiger partial charge is 0.298 e. The fraction of sp³-hybridized carbons (Fsp3) is 0.722. The zero-order valence-corrected chi connectivity index (χ0v) is 12.3. The molecular formula is C18H23NO2. The molecule has 4 fully saturated rings. The maximum Gasteiger partial charge on any atom is 0.178 e. The van der Waals surface area contributed by atoms with Crippen LogP contribution in [0, 0.1) is 35.5 Å². The molecule has 3 saturated carbocycles. The number of hydrogen-bond donors (Lipinski definition) is 1. The molecule has 0 spiro atoms. The SMILES string of the molecule is O=C1C=CC2C(=C1)CCC1C2CCC2C1CC1CNOC12. The standard InChI is InChI=1S/C18H23NO2/c20-12-2-4-13-10(7-12)1-3-15-14(13)5-6-16-17(15)8-11-9-19-21-18(11)16/h2,4,7,11,13-19H,1,3,5-6,8-9H2. The third kappa shape index (κ3) is 1.77. The minimum atomic E-state index is 0.197. The van der Waals surface area contributed by atoms with Crippen molar-refractivity contribution in [1.29, 1.82) is 0 Å². The van der Waals surface area contributed by atoms with E-state index in [1.54, 1.807) is 6.08 Å². The van der Waals surface area contributed by atoms with Gasteiger partial charge in [0.05, 0.1) is 6.10 Å². The normalized spacial score (nSPS) is 51.0. The number of ketones is 1. The summed E-state index contributed by atoms with van der Waals surface area (Å²) >= 11 is 0. The molecule has 0 aromatic heterocycles. The molecule has 0 amide bonds. The molecule has 1 N–H and O–H groups in total.